The number of fused-ring (bicyclic) bond motifs is 2. The molecule has 2 aromatic heterocycles. The fraction of sp³-hybridized carbons (Fsp3) is 0.471. The Labute approximate surface area is 273 Å². The van der Waals surface area contributed by atoms with E-state index in [1.54, 1.807) is 0 Å². The van der Waals surface area contributed by atoms with Gasteiger partial charge in [-0.25, -0.2) is 0 Å². The van der Waals surface area contributed by atoms with Crippen LogP contribution in [0, 0.1) is 0 Å². The molecule has 2 atom stereocenters. The second kappa shape index (κ2) is 20.1. The molecule has 8 nitrogen and oxygen atoms in total. The first-order valence-electron chi connectivity index (χ1n) is 15.8. The molecule has 0 unspecified atom stereocenters. The molecule has 0 bridgehead atoms. The normalized spacial score (nSPS) is 12.3. The number of rotatable bonds is 19. The Kier molecular flexibility index (Phi) is 17.0. The first-order chi connectivity index (χ1) is 20.5. The number of hydrogen-bond acceptors (Lipinski definition) is 2. The Hall–Kier alpha value is -3.04. The number of carbonyl (C=O) groups is 2. The molecule has 0 radical (unpaired) electrons. The molecule has 10 N–H and O–H groups in total. The topological polar surface area (TPSA) is 145 Å². The third-order valence-corrected chi connectivity index (χ3v) is 8.23. The number of quaternary nitrogens is 2. The number of para-hydroxylation sites is 2. The highest BCUT2D eigenvalue weighted by molar-refractivity contribution is 5.86. The van der Waals surface area contributed by atoms with Crippen LogP contribution in [0.5, 0.6) is 0 Å². The fourth-order valence-corrected chi connectivity index (χ4v) is 5.69. The predicted molar refractivity (Wildman–Crippen MR) is 170 cm³/mol. The largest absolute Gasteiger partial charge is 1.00 e. The summed E-state index contributed by atoms with van der Waals surface area (Å²) in [6, 6.07) is 15.8. The van der Waals surface area contributed by atoms with Gasteiger partial charge in [-0.15, -0.1) is 0 Å². The quantitative estimate of drug-likeness (QED) is 0.0644. The summed E-state index contributed by atoms with van der Waals surface area (Å²) in [6.07, 6.45) is 17.1. The van der Waals surface area contributed by atoms with E-state index in [2.05, 4.69) is 56.3 Å². The van der Waals surface area contributed by atoms with Crippen molar-refractivity contribution in [3.8, 4) is 0 Å². The Morgan fingerprint density at radius 2 is 0.909 bits per heavy atom. The van der Waals surface area contributed by atoms with E-state index in [1.165, 1.54) is 49.3 Å². The Morgan fingerprint density at radius 3 is 1.30 bits per heavy atom. The van der Waals surface area contributed by atoms with Gasteiger partial charge < -0.3 is 56.9 Å². The van der Waals surface area contributed by atoms with Crippen LogP contribution in [-0.4, -0.2) is 47.0 Å². The summed E-state index contributed by atoms with van der Waals surface area (Å²) < 4.78 is 0. The maximum atomic E-state index is 12.5. The molecule has 0 spiro atoms. The lowest BCUT2D eigenvalue weighted by Gasteiger charge is -2.10. The van der Waals surface area contributed by atoms with Crippen molar-refractivity contribution in [1.29, 1.82) is 0 Å². The molecule has 44 heavy (non-hydrogen) atoms. The zero-order valence-electron chi connectivity index (χ0n) is 25.8. The highest BCUT2D eigenvalue weighted by atomic mass is 35.5. The van der Waals surface area contributed by atoms with Gasteiger partial charge in [-0.2, -0.15) is 0 Å². The van der Waals surface area contributed by atoms with Crippen molar-refractivity contribution >= 4 is 33.6 Å². The van der Waals surface area contributed by atoms with Gasteiger partial charge in [0.05, 0.1) is 0 Å². The summed E-state index contributed by atoms with van der Waals surface area (Å²) >= 11 is 0. The van der Waals surface area contributed by atoms with E-state index in [9.17, 15) is 9.59 Å². The smallest absolute Gasteiger partial charge is 0.278 e. The van der Waals surface area contributed by atoms with E-state index in [4.69, 9.17) is 0 Å². The maximum Gasteiger partial charge on any atom is 0.278 e. The minimum absolute atomic E-state index is 0. The Morgan fingerprint density at radius 1 is 0.568 bits per heavy atom. The average Bonchev–Trinajstić information content (AvgIpc) is 3.61. The predicted octanol–water partition coefficient (Wildman–Crippen LogP) is -2.20. The van der Waals surface area contributed by atoms with Gasteiger partial charge in [0.2, 0.25) is 0 Å². The maximum absolute atomic E-state index is 12.5. The molecule has 0 aliphatic rings. The Balaban J connectivity index is 0.00000337. The van der Waals surface area contributed by atoms with Crippen LogP contribution < -0.4 is 46.9 Å². The molecule has 242 valence electrons. The molecule has 2 heterocycles. The minimum Gasteiger partial charge on any atom is -1.00 e. The van der Waals surface area contributed by atoms with E-state index in [0.29, 0.717) is 12.8 Å². The highest BCUT2D eigenvalue weighted by Crippen LogP contribution is 2.19. The van der Waals surface area contributed by atoms with Crippen molar-refractivity contribution in [2.75, 3.05) is 13.1 Å². The van der Waals surface area contributed by atoms with E-state index in [-0.39, 0.29) is 48.7 Å². The van der Waals surface area contributed by atoms with Crippen molar-refractivity contribution < 1.29 is 45.9 Å². The number of unbranched alkanes of at least 4 members (excludes halogenated alkanes) is 9. The lowest BCUT2D eigenvalue weighted by Crippen LogP contribution is -3.00. The number of aromatic nitrogens is 2. The molecule has 0 fully saturated rings. The third-order valence-electron chi connectivity index (χ3n) is 8.23. The lowest BCUT2D eigenvalue weighted by molar-refractivity contribution is -0.403. The van der Waals surface area contributed by atoms with Gasteiger partial charge in [-0.1, -0.05) is 87.8 Å². The third kappa shape index (κ3) is 11.5. The second-order valence-electron chi connectivity index (χ2n) is 11.6. The van der Waals surface area contributed by atoms with Gasteiger partial charge >= 0.3 is 0 Å². The van der Waals surface area contributed by atoms with Crippen LogP contribution in [0.25, 0.3) is 21.8 Å². The lowest BCUT2D eigenvalue weighted by atomic mass is 10.0. The van der Waals surface area contributed by atoms with Crippen molar-refractivity contribution in [3.05, 3.63) is 72.1 Å². The van der Waals surface area contributed by atoms with E-state index in [1.807, 2.05) is 36.7 Å². The van der Waals surface area contributed by atoms with Gasteiger partial charge in [0, 0.05) is 60.1 Å². The summed E-state index contributed by atoms with van der Waals surface area (Å²) in [5.41, 5.74) is 12.7. The number of benzene rings is 2. The number of H-pyrrole nitrogens is 2. The molecule has 4 aromatic rings. The standard InChI is InChI=1S/C34H48N6O2.2ClH/c35-29(21-25-23-39-31-17-11-9-15-27(25)31)33(41)37-19-13-7-5-3-1-2-4-6-8-14-20-38-34(42)30(36)22-26-24-40-32-18-12-10-16-28(26)32;;/h9-12,15-18,23-24,29-30,39-40H,1-8,13-14,19-22,35-36H2,(H,37,41)(H,38,42);2*1H/t29-,30+;;. The number of aromatic amines is 2. The van der Waals surface area contributed by atoms with Crippen LogP contribution in [0.2, 0.25) is 0 Å². The number of nitrogens with one attached hydrogen (secondary N) is 4. The average molecular weight is 646 g/mol. The van der Waals surface area contributed by atoms with Crippen molar-refractivity contribution in [1.82, 2.24) is 20.6 Å². The molecular weight excluding hydrogens is 595 g/mol. The van der Waals surface area contributed by atoms with Crippen LogP contribution in [-0.2, 0) is 22.4 Å². The van der Waals surface area contributed by atoms with Crippen molar-refractivity contribution in [2.45, 2.75) is 89.1 Å². The fourth-order valence-electron chi connectivity index (χ4n) is 5.69. The Bertz CT molecular complexity index is 1300. The van der Waals surface area contributed by atoms with Gasteiger partial charge in [-0.3, -0.25) is 9.59 Å². The van der Waals surface area contributed by atoms with Crippen molar-refractivity contribution in [2.24, 2.45) is 0 Å². The van der Waals surface area contributed by atoms with E-state index >= 15 is 0 Å². The van der Waals surface area contributed by atoms with Gasteiger partial charge in [0.15, 0.2) is 12.1 Å². The molecule has 0 aliphatic carbocycles. The van der Waals surface area contributed by atoms with Gasteiger partial charge in [0.25, 0.3) is 11.8 Å². The van der Waals surface area contributed by atoms with Crippen LogP contribution in [0.15, 0.2) is 60.9 Å². The minimum atomic E-state index is -0.281. The number of carbonyl (C=O) groups excluding carboxylic acids is 2. The first-order valence-corrected chi connectivity index (χ1v) is 15.8. The molecular formula is C34H50Cl2N6O2. The highest BCUT2D eigenvalue weighted by Gasteiger charge is 2.20. The number of halogens is 2. The number of hydrogen-bond donors (Lipinski definition) is 6. The summed E-state index contributed by atoms with van der Waals surface area (Å²) in [5.74, 6) is 0.0768. The van der Waals surface area contributed by atoms with Crippen LogP contribution in [0.4, 0.5) is 0 Å². The van der Waals surface area contributed by atoms with Crippen LogP contribution in [0.3, 0.4) is 0 Å². The molecule has 2 aromatic carbocycles. The molecule has 0 saturated carbocycles. The zero-order chi connectivity index (χ0) is 29.6. The molecule has 4 rings (SSSR count). The van der Waals surface area contributed by atoms with Gasteiger partial charge in [0.1, 0.15) is 0 Å². The first kappa shape index (κ1) is 37.1. The van der Waals surface area contributed by atoms with E-state index < -0.39 is 0 Å². The summed E-state index contributed by atoms with van der Waals surface area (Å²) in [6.45, 7) is 1.46. The zero-order valence-corrected chi connectivity index (χ0v) is 27.3. The SMILES string of the molecule is [Cl-].[Cl-].[NH3+][C@H](Cc1c[nH]c2ccccc12)C(=O)NCCCCCCCCCCCCNC(=O)[C@@H]([NH3+])Cc1c[nH]c2ccccc12. The number of amides is 2. The van der Waals surface area contributed by atoms with Crippen LogP contribution >= 0.6 is 0 Å². The summed E-state index contributed by atoms with van der Waals surface area (Å²) in [5, 5.41) is 8.47. The summed E-state index contributed by atoms with van der Waals surface area (Å²) in [4.78, 5) is 31.5. The summed E-state index contributed by atoms with van der Waals surface area (Å²) in [7, 11) is 0. The monoisotopic (exact) mass is 644 g/mol. The van der Waals surface area contributed by atoms with Crippen molar-refractivity contribution in [3.63, 3.8) is 0 Å². The molecule has 2 amide bonds. The molecule has 10 heteroatoms. The van der Waals surface area contributed by atoms with Gasteiger partial charge in [-0.05, 0) is 36.1 Å². The second-order valence-corrected chi connectivity index (χ2v) is 11.6. The molecule has 0 aliphatic heterocycles. The molecule has 0 saturated heterocycles. The van der Waals surface area contributed by atoms with Crippen LogP contribution in [0.1, 0.15) is 75.3 Å². The van der Waals surface area contributed by atoms with E-state index in [0.717, 1.165) is 60.9 Å².